The lowest BCUT2D eigenvalue weighted by Crippen LogP contribution is -2.43. The summed E-state index contributed by atoms with van der Waals surface area (Å²) < 4.78 is 0. The number of nitrogens with one attached hydrogen (secondary N) is 6. The van der Waals surface area contributed by atoms with E-state index in [1.165, 1.54) is 0 Å². The van der Waals surface area contributed by atoms with Crippen molar-refractivity contribution in [3.8, 4) is 0 Å². The van der Waals surface area contributed by atoms with E-state index in [1.54, 1.807) is 0 Å². The fourth-order valence-electron chi connectivity index (χ4n) is 3.64. The van der Waals surface area contributed by atoms with Gasteiger partial charge in [-0.1, -0.05) is 42.8 Å². The number of para-hydroxylation sites is 2. The van der Waals surface area contributed by atoms with Crippen molar-refractivity contribution in [2.75, 3.05) is 23.9 Å². The van der Waals surface area contributed by atoms with Crippen molar-refractivity contribution in [2.24, 2.45) is 11.8 Å². The van der Waals surface area contributed by atoms with E-state index in [2.05, 4.69) is 32.3 Å². The number of rotatable bonds is 8. The number of amides is 4. The van der Waals surface area contributed by atoms with Gasteiger partial charge in [0.15, 0.2) is 0 Å². The van der Waals surface area contributed by atoms with Crippen molar-refractivity contribution in [3.63, 3.8) is 0 Å². The van der Waals surface area contributed by atoms with E-state index < -0.39 is 0 Å². The van der Waals surface area contributed by atoms with Crippen molar-refractivity contribution >= 4 is 23.4 Å². The van der Waals surface area contributed by atoms with Gasteiger partial charge in [0.2, 0.25) is 0 Å². The molecule has 1 saturated carbocycles. The molecule has 0 saturated heterocycles. The van der Waals surface area contributed by atoms with Crippen LogP contribution < -0.4 is 32.3 Å². The molecule has 8 nitrogen and oxygen atoms in total. The second-order valence-corrected chi connectivity index (χ2v) is 7.55. The lowest BCUT2D eigenvalue weighted by molar-refractivity contribution is 0.223. The summed E-state index contributed by atoms with van der Waals surface area (Å²) in [6.07, 6.45) is 4.26. The molecule has 160 valence electrons. The second kappa shape index (κ2) is 11.5. The molecule has 0 heterocycles. The fraction of sp³-hybridized carbons (Fsp3) is 0.364. The molecule has 4 amide bonds. The molecule has 1 fully saturated rings. The lowest BCUT2D eigenvalue weighted by Gasteiger charge is -2.29. The third-order valence-corrected chi connectivity index (χ3v) is 5.18. The van der Waals surface area contributed by atoms with Crippen LogP contribution in [0.15, 0.2) is 60.7 Å². The van der Waals surface area contributed by atoms with E-state index in [9.17, 15) is 9.59 Å². The minimum Gasteiger partial charge on any atom is -0.336 e. The monoisotopic (exact) mass is 410 g/mol. The Bertz CT molecular complexity index is 721. The maximum absolute atomic E-state index is 12.0. The first-order chi connectivity index (χ1) is 14.7. The Labute approximate surface area is 177 Å². The van der Waals surface area contributed by atoms with Gasteiger partial charge in [0, 0.05) is 13.1 Å². The molecule has 0 aliphatic heterocycles. The van der Waals surface area contributed by atoms with Crippen LogP contribution in [0.2, 0.25) is 0 Å². The van der Waals surface area contributed by atoms with Gasteiger partial charge in [-0.2, -0.15) is 0 Å². The number of urea groups is 2. The molecular formula is C22H30N6O2. The molecule has 0 bridgehead atoms. The number of benzene rings is 2. The van der Waals surface area contributed by atoms with Crippen molar-refractivity contribution in [3.05, 3.63) is 60.7 Å². The largest absolute Gasteiger partial charge is 0.336 e. The van der Waals surface area contributed by atoms with Crippen LogP contribution in [0.5, 0.6) is 0 Å². The average molecular weight is 411 g/mol. The molecule has 30 heavy (non-hydrogen) atoms. The first kappa shape index (κ1) is 21.3. The summed E-state index contributed by atoms with van der Waals surface area (Å²) in [4.78, 5) is 24.0. The zero-order chi connectivity index (χ0) is 21.0. The quantitative estimate of drug-likeness (QED) is 0.375. The molecule has 6 N–H and O–H groups in total. The SMILES string of the molecule is O=C(NCC1CCCC(CNC(=O)NNc2ccccc2)C1)NNc1ccccc1. The van der Waals surface area contributed by atoms with Gasteiger partial charge < -0.3 is 10.6 Å². The predicted octanol–water partition coefficient (Wildman–Crippen LogP) is 3.45. The lowest BCUT2D eigenvalue weighted by atomic mass is 9.81. The second-order valence-electron chi connectivity index (χ2n) is 7.55. The van der Waals surface area contributed by atoms with E-state index in [-0.39, 0.29) is 12.1 Å². The highest BCUT2D eigenvalue weighted by atomic mass is 16.2. The van der Waals surface area contributed by atoms with Gasteiger partial charge in [-0.3, -0.25) is 21.7 Å². The maximum Gasteiger partial charge on any atom is 0.333 e. The summed E-state index contributed by atoms with van der Waals surface area (Å²) in [6, 6.07) is 18.5. The molecule has 2 atom stereocenters. The Kier molecular flexibility index (Phi) is 8.20. The summed E-state index contributed by atoms with van der Waals surface area (Å²) in [5.41, 5.74) is 12.7. The highest BCUT2D eigenvalue weighted by molar-refractivity contribution is 5.75. The first-order valence-corrected chi connectivity index (χ1v) is 10.4. The Hall–Kier alpha value is -3.42. The predicted molar refractivity (Wildman–Crippen MR) is 119 cm³/mol. The third kappa shape index (κ3) is 7.54. The summed E-state index contributed by atoms with van der Waals surface area (Å²) in [7, 11) is 0. The van der Waals surface area contributed by atoms with Crippen LogP contribution in [0.25, 0.3) is 0 Å². The van der Waals surface area contributed by atoms with Crippen LogP contribution in [-0.2, 0) is 0 Å². The highest BCUT2D eigenvalue weighted by Gasteiger charge is 2.22. The summed E-state index contributed by atoms with van der Waals surface area (Å²) in [5.74, 6) is 0.831. The summed E-state index contributed by atoms with van der Waals surface area (Å²) in [6.45, 7) is 1.25. The summed E-state index contributed by atoms with van der Waals surface area (Å²) in [5, 5.41) is 5.85. The Balaban J connectivity index is 1.29. The van der Waals surface area contributed by atoms with Gasteiger partial charge in [0.1, 0.15) is 0 Å². The zero-order valence-electron chi connectivity index (χ0n) is 17.0. The first-order valence-electron chi connectivity index (χ1n) is 10.4. The fourth-order valence-corrected chi connectivity index (χ4v) is 3.64. The topological polar surface area (TPSA) is 106 Å². The molecule has 8 heteroatoms. The Morgan fingerprint density at radius 2 is 1.13 bits per heavy atom. The van der Waals surface area contributed by atoms with Crippen LogP contribution in [0.3, 0.4) is 0 Å². The molecule has 2 unspecified atom stereocenters. The van der Waals surface area contributed by atoms with Gasteiger partial charge in [-0.15, -0.1) is 0 Å². The van der Waals surface area contributed by atoms with Crippen LogP contribution in [0, 0.1) is 11.8 Å². The number of anilines is 2. The zero-order valence-corrected chi connectivity index (χ0v) is 17.0. The van der Waals surface area contributed by atoms with Crippen molar-refractivity contribution in [1.29, 1.82) is 0 Å². The molecule has 0 aromatic heterocycles. The maximum atomic E-state index is 12.0. The van der Waals surface area contributed by atoms with Crippen molar-refractivity contribution in [1.82, 2.24) is 21.5 Å². The van der Waals surface area contributed by atoms with Crippen LogP contribution >= 0.6 is 0 Å². The number of hydrazine groups is 2. The molecule has 1 aliphatic rings. The minimum atomic E-state index is -0.245. The van der Waals surface area contributed by atoms with E-state index in [1.807, 2.05) is 60.7 Å². The molecule has 2 aromatic carbocycles. The van der Waals surface area contributed by atoms with Gasteiger partial charge in [-0.05, 0) is 55.4 Å². The molecule has 2 aromatic rings. The number of hydrogen-bond donors (Lipinski definition) is 6. The van der Waals surface area contributed by atoms with Gasteiger partial charge >= 0.3 is 12.1 Å². The van der Waals surface area contributed by atoms with Gasteiger partial charge in [0.25, 0.3) is 0 Å². The van der Waals surface area contributed by atoms with E-state index in [4.69, 9.17) is 0 Å². The molecule has 1 aliphatic carbocycles. The Morgan fingerprint density at radius 1 is 0.700 bits per heavy atom. The van der Waals surface area contributed by atoms with Crippen LogP contribution in [-0.4, -0.2) is 25.2 Å². The van der Waals surface area contributed by atoms with Crippen LogP contribution in [0.4, 0.5) is 21.0 Å². The molecular weight excluding hydrogens is 380 g/mol. The molecule has 0 spiro atoms. The van der Waals surface area contributed by atoms with Crippen molar-refractivity contribution < 1.29 is 9.59 Å². The smallest absolute Gasteiger partial charge is 0.333 e. The normalized spacial score (nSPS) is 18.0. The number of hydrogen-bond acceptors (Lipinski definition) is 4. The molecule has 0 radical (unpaired) electrons. The number of carbonyl (C=O) groups is 2. The number of carbonyl (C=O) groups excluding carboxylic acids is 2. The Morgan fingerprint density at radius 3 is 1.57 bits per heavy atom. The van der Waals surface area contributed by atoms with Crippen LogP contribution in [0.1, 0.15) is 25.7 Å². The van der Waals surface area contributed by atoms with Gasteiger partial charge in [0.05, 0.1) is 11.4 Å². The van der Waals surface area contributed by atoms with E-state index >= 15 is 0 Å². The summed E-state index contributed by atoms with van der Waals surface area (Å²) >= 11 is 0. The minimum absolute atomic E-state index is 0.245. The average Bonchev–Trinajstić information content (AvgIpc) is 2.80. The highest BCUT2D eigenvalue weighted by Crippen LogP contribution is 2.28. The van der Waals surface area contributed by atoms with E-state index in [0.29, 0.717) is 24.9 Å². The standard InChI is InChI=1S/C22H30N6O2/c29-21(27-25-19-10-3-1-4-11-19)23-15-17-8-7-9-18(14-17)16-24-22(30)28-26-20-12-5-2-6-13-20/h1-6,10-13,17-18,25-26H,7-9,14-16H2,(H2,23,27,29)(H2,24,28,30). The van der Waals surface area contributed by atoms with Crippen molar-refractivity contribution in [2.45, 2.75) is 25.7 Å². The molecule has 3 rings (SSSR count). The van der Waals surface area contributed by atoms with E-state index in [0.717, 1.165) is 37.1 Å². The van der Waals surface area contributed by atoms with Gasteiger partial charge in [-0.25, -0.2) is 9.59 Å². The third-order valence-electron chi connectivity index (χ3n) is 5.18.